The van der Waals surface area contributed by atoms with Gasteiger partial charge in [0.05, 0.1) is 4.47 Å². The molecule has 1 atom stereocenters. The van der Waals surface area contributed by atoms with E-state index in [1.54, 1.807) is 0 Å². The Bertz CT molecular complexity index is 393. The van der Waals surface area contributed by atoms with Gasteiger partial charge in [0.2, 0.25) is 0 Å². The molecular formula is C13H20BrCl2FN2. The monoisotopic (exact) mass is 372 g/mol. The minimum Gasteiger partial charge on any atom is -0.314 e. The Morgan fingerprint density at radius 2 is 2.16 bits per heavy atom. The van der Waals surface area contributed by atoms with Crippen LogP contribution in [0.1, 0.15) is 12.5 Å². The van der Waals surface area contributed by atoms with Crippen molar-refractivity contribution in [2.24, 2.45) is 0 Å². The molecule has 1 saturated heterocycles. The first-order valence-electron chi connectivity index (χ1n) is 6.05. The van der Waals surface area contributed by atoms with E-state index in [4.69, 9.17) is 0 Å². The van der Waals surface area contributed by atoms with Gasteiger partial charge in [-0.25, -0.2) is 4.39 Å². The van der Waals surface area contributed by atoms with E-state index >= 15 is 0 Å². The average molecular weight is 374 g/mol. The molecule has 1 aromatic carbocycles. The smallest absolute Gasteiger partial charge is 0.137 e. The van der Waals surface area contributed by atoms with Crippen molar-refractivity contribution in [1.29, 1.82) is 0 Å². The second kappa shape index (κ2) is 9.14. The van der Waals surface area contributed by atoms with E-state index in [2.05, 4.69) is 33.1 Å². The normalized spacial score (nSPS) is 19.4. The summed E-state index contributed by atoms with van der Waals surface area (Å²) in [7, 11) is 0. The molecule has 0 amide bonds. The molecule has 1 aliphatic rings. The fourth-order valence-corrected chi connectivity index (χ4v) is 2.61. The summed E-state index contributed by atoms with van der Waals surface area (Å²) in [5.41, 5.74) is 1.18. The van der Waals surface area contributed by atoms with Gasteiger partial charge in [-0.05, 0) is 47.0 Å². The van der Waals surface area contributed by atoms with E-state index in [-0.39, 0.29) is 30.6 Å². The predicted molar refractivity (Wildman–Crippen MR) is 86.2 cm³/mol. The summed E-state index contributed by atoms with van der Waals surface area (Å²) in [6.45, 7) is 6.52. The molecule has 1 fully saturated rings. The van der Waals surface area contributed by atoms with Gasteiger partial charge in [-0.15, -0.1) is 24.8 Å². The summed E-state index contributed by atoms with van der Waals surface area (Å²) in [6.07, 6.45) is 0.975. The maximum absolute atomic E-state index is 13.1. The van der Waals surface area contributed by atoms with Gasteiger partial charge in [0, 0.05) is 32.2 Å². The lowest BCUT2D eigenvalue weighted by Crippen LogP contribution is -2.50. The third-order valence-corrected chi connectivity index (χ3v) is 3.92. The number of nitrogens with zero attached hydrogens (tertiary/aromatic N) is 1. The van der Waals surface area contributed by atoms with Crippen LogP contribution in [0.2, 0.25) is 0 Å². The summed E-state index contributed by atoms with van der Waals surface area (Å²) < 4.78 is 13.6. The third-order valence-electron chi connectivity index (χ3n) is 3.31. The largest absolute Gasteiger partial charge is 0.314 e. The Kier molecular flexibility index (Phi) is 9.20. The van der Waals surface area contributed by atoms with Gasteiger partial charge in [0.1, 0.15) is 5.82 Å². The van der Waals surface area contributed by atoms with Gasteiger partial charge in [0.15, 0.2) is 0 Å². The van der Waals surface area contributed by atoms with E-state index in [1.807, 2.05) is 12.1 Å². The summed E-state index contributed by atoms with van der Waals surface area (Å²) in [5.74, 6) is -0.190. The maximum atomic E-state index is 13.1. The lowest BCUT2D eigenvalue weighted by molar-refractivity contribution is 0.176. The van der Waals surface area contributed by atoms with Crippen molar-refractivity contribution in [3.63, 3.8) is 0 Å². The molecule has 1 N–H and O–H groups in total. The topological polar surface area (TPSA) is 15.3 Å². The zero-order valence-corrected chi connectivity index (χ0v) is 14.1. The molecule has 1 heterocycles. The zero-order chi connectivity index (χ0) is 12.3. The first-order chi connectivity index (χ1) is 8.16. The molecule has 0 aliphatic carbocycles. The van der Waals surface area contributed by atoms with Crippen LogP contribution in [-0.2, 0) is 6.42 Å². The molecule has 0 aromatic heterocycles. The molecule has 6 heteroatoms. The highest BCUT2D eigenvalue weighted by molar-refractivity contribution is 9.10. The highest BCUT2D eigenvalue weighted by Gasteiger charge is 2.17. The van der Waals surface area contributed by atoms with Crippen LogP contribution in [0.5, 0.6) is 0 Å². The first-order valence-corrected chi connectivity index (χ1v) is 6.85. The van der Waals surface area contributed by atoms with Gasteiger partial charge >= 0.3 is 0 Å². The lowest BCUT2D eigenvalue weighted by Gasteiger charge is -2.33. The molecule has 0 unspecified atom stereocenters. The molecule has 0 spiro atoms. The number of hydrogen-bond donors (Lipinski definition) is 1. The predicted octanol–water partition coefficient (Wildman–Crippen LogP) is 3.27. The van der Waals surface area contributed by atoms with Crippen LogP contribution < -0.4 is 5.32 Å². The number of halogens is 4. The Labute approximate surface area is 135 Å². The summed E-state index contributed by atoms with van der Waals surface area (Å²) >= 11 is 3.23. The first kappa shape index (κ1) is 19.1. The van der Waals surface area contributed by atoms with Crippen molar-refractivity contribution in [2.75, 3.05) is 26.2 Å². The molecule has 110 valence electrons. The molecule has 0 bridgehead atoms. The van der Waals surface area contributed by atoms with Gasteiger partial charge in [-0.2, -0.15) is 0 Å². The number of nitrogens with one attached hydrogen (secondary N) is 1. The van der Waals surface area contributed by atoms with E-state index in [0.29, 0.717) is 10.5 Å². The van der Waals surface area contributed by atoms with Crippen LogP contribution in [0.15, 0.2) is 22.7 Å². The highest BCUT2D eigenvalue weighted by atomic mass is 79.9. The third kappa shape index (κ3) is 5.56. The lowest BCUT2D eigenvalue weighted by atomic mass is 10.1. The molecule has 1 aliphatic heterocycles. The molecule has 1 aromatic rings. The molecular weight excluding hydrogens is 354 g/mol. The molecule has 2 nitrogen and oxygen atoms in total. The van der Waals surface area contributed by atoms with Crippen molar-refractivity contribution >= 4 is 40.7 Å². The van der Waals surface area contributed by atoms with Crippen LogP contribution in [0.3, 0.4) is 0 Å². The molecule has 19 heavy (non-hydrogen) atoms. The Morgan fingerprint density at radius 1 is 1.42 bits per heavy atom. The van der Waals surface area contributed by atoms with Gasteiger partial charge in [-0.1, -0.05) is 6.07 Å². The van der Waals surface area contributed by atoms with Gasteiger partial charge in [0.25, 0.3) is 0 Å². The van der Waals surface area contributed by atoms with E-state index in [9.17, 15) is 4.39 Å². The van der Waals surface area contributed by atoms with Crippen molar-refractivity contribution in [3.05, 3.63) is 34.1 Å². The number of rotatable bonds is 3. The van der Waals surface area contributed by atoms with E-state index in [1.165, 1.54) is 11.6 Å². The van der Waals surface area contributed by atoms with E-state index in [0.717, 1.165) is 32.6 Å². The van der Waals surface area contributed by atoms with Crippen LogP contribution in [0.4, 0.5) is 4.39 Å². The van der Waals surface area contributed by atoms with Crippen molar-refractivity contribution in [1.82, 2.24) is 10.2 Å². The summed E-state index contributed by atoms with van der Waals surface area (Å²) in [5, 5.41) is 3.38. The Hall–Kier alpha value is 0.130. The van der Waals surface area contributed by atoms with Crippen LogP contribution >= 0.6 is 40.7 Å². The Morgan fingerprint density at radius 3 is 2.79 bits per heavy atom. The standard InChI is InChI=1S/C13H18BrFN2.2ClH/c1-10-9-16-5-7-17(10)6-4-11-2-3-13(15)12(14)8-11;;/h2-3,8,10,16H,4-7,9H2,1H3;2*1H/t10-;;/m1../s1. The van der Waals surface area contributed by atoms with Crippen LogP contribution in [-0.4, -0.2) is 37.1 Å². The maximum Gasteiger partial charge on any atom is 0.137 e. The fraction of sp³-hybridized carbons (Fsp3) is 0.538. The number of piperazine rings is 1. The van der Waals surface area contributed by atoms with Crippen LogP contribution in [0.25, 0.3) is 0 Å². The molecule has 2 rings (SSSR count). The fourth-order valence-electron chi connectivity index (χ4n) is 2.18. The second-order valence-corrected chi connectivity index (χ2v) is 5.44. The Balaban J connectivity index is 0.00000162. The minimum atomic E-state index is -0.190. The molecule has 0 radical (unpaired) electrons. The minimum absolute atomic E-state index is 0. The average Bonchev–Trinajstić information content (AvgIpc) is 2.32. The highest BCUT2D eigenvalue weighted by Crippen LogP contribution is 2.17. The number of hydrogen-bond acceptors (Lipinski definition) is 2. The van der Waals surface area contributed by atoms with Crippen molar-refractivity contribution < 1.29 is 4.39 Å². The molecule has 0 saturated carbocycles. The quantitative estimate of drug-likeness (QED) is 0.874. The SMILES string of the molecule is C[C@@H]1CNCCN1CCc1ccc(F)c(Br)c1.Cl.Cl. The van der Waals surface area contributed by atoms with E-state index < -0.39 is 0 Å². The summed E-state index contributed by atoms with van der Waals surface area (Å²) in [6, 6.07) is 5.86. The van der Waals surface area contributed by atoms with Gasteiger partial charge < -0.3 is 5.32 Å². The van der Waals surface area contributed by atoms with Crippen molar-refractivity contribution in [3.8, 4) is 0 Å². The zero-order valence-electron chi connectivity index (χ0n) is 10.9. The summed E-state index contributed by atoms with van der Waals surface area (Å²) in [4.78, 5) is 2.48. The van der Waals surface area contributed by atoms with Crippen LogP contribution in [0, 0.1) is 5.82 Å². The number of benzene rings is 1. The van der Waals surface area contributed by atoms with Gasteiger partial charge in [-0.3, -0.25) is 4.90 Å². The second-order valence-electron chi connectivity index (χ2n) is 4.59. The van der Waals surface area contributed by atoms with Crippen molar-refractivity contribution in [2.45, 2.75) is 19.4 Å².